The van der Waals surface area contributed by atoms with E-state index < -0.39 is 11.7 Å². The molecule has 1 aliphatic rings. The third-order valence-corrected chi connectivity index (χ3v) is 4.21. The van der Waals surface area contributed by atoms with Crippen LogP contribution in [0.4, 0.5) is 13.2 Å². The number of hydrogen-bond donors (Lipinski definition) is 0. The van der Waals surface area contributed by atoms with E-state index in [0.29, 0.717) is 38.2 Å². The second kappa shape index (κ2) is 6.99. The zero-order chi connectivity index (χ0) is 15.5. The molecule has 0 unspecified atom stereocenters. The Bertz CT molecular complexity index is 485. The van der Waals surface area contributed by atoms with Crippen molar-refractivity contribution < 1.29 is 17.9 Å². The van der Waals surface area contributed by atoms with Gasteiger partial charge in [0.2, 0.25) is 0 Å². The third-order valence-electron chi connectivity index (χ3n) is 3.77. The average Bonchev–Trinajstić information content (AvgIpc) is 2.45. The van der Waals surface area contributed by atoms with Gasteiger partial charge >= 0.3 is 6.18 Å². The molecule has 0 aliphatic carbocycles. The van der Waals surface area contributed by atoms with Crippen molar-refractivity contribution in [3.8, 4) is 0 Å². The van der Waals surface area contributed by atoms with Gasteiger partial charge in [-0.25, -0.2) is 0 Å². The molecular formula is C15H19ClF3NO. The van der Waals surface area contributed by atoms with E-state index in [4.69, 9.17) is 16.3 Å². The highest BCUT2D eigenvalue weighted by atomic mass is 35.5. The Morgan fingerprint density at radius 3 is 2.38 bits per heavy atom. The maximum absolute atomic E-state index is 13.2. The number of aryl methyl sites for hydroxylation is 1. The van der Waals surface area contributed by atoms with Crippen molar-refractivity contribution in [2.75, 3.05) is 32.8 Å². The molecule has 2 rings (SSSR count). The summed E-state index contributed by atoms with van der Waals surface area (Å²) in [6.07, 6.45) is -3.57. The topological polar surface area (TPSA) is 12.5 Å². The molecule has 1 fully saturated rings. The molecule has 21 heavy (non-hydrogen) atoms. The molecule has 1 heterocycles. The van der Waals surface area contributed by atoms with Crippen LogP contribution in [0.2, 0.25) is 5.02 Å². The lowest BCUT2D eigenvalue weighted by molar-refractivity contribution is -0.138. The van der Waals surface area contributed by atoms with E-state index in [2.05, 4.69) is 4.90 Å². The van der Waals surface area contributed by atoms with E-state index in [1.807, 2.05) is 0 Å². The second-order valence-corrected chi connectivity index (χ2v) is 5.51. The van der Waals surface area contributed by atoms with Gasteiger partial charge in [0, 0.05) is 19.6 Å². The molecule has 0 saturated carbocycles. The first kappa shape index (κ1) is 16.6. The van der Waals surface area contributed by atoms with Gasteiger partial charge in [0.05, 0.1) is 23.8 Å². The quantitative estimate of drug-likeness (QED) is 0.836. The van der Waals surface area contributed by atoms with Crippen molar-refractivity contribution in [3.63, 3.8) is 0 Å². The Morgan fingerprint density at radius 1 is 1.19 bits per heavy atom. The smallest absolute Gasteiger partial charge is 0.379 e. The number of rotatable bonds is 4. The van der Waals surface area contributed by atoms with Crippen molar-refractivity contribution in [1.29, 1.82) is 0 Å². The van der Waals surface area contributed by atoms with Gasteiger partial charge in [-0.3, -0.25) is 4.90 Å². The number of hydrogen-bond acceptors (Lipinski definition) is 2. The van der Waals surface area contributed by atoms with Gasteiger partial charge in [-0.05, 0) is 24.0 Å². The highest BCUT2D eigenvalue weighted by Crippen LogP contribution is 2.39. The lowest BCUT2D eigenvalue weighted by Gasteiger charge is -2.27. The zero-order valence-electron chi connectivity index (χ0n) is 12.0. The minimum Gasteiger partial charge on any atom is -0.379 e. The summed E-state index contributed by atoms with van der Waals surface area (Å²) in [6, 6.07) is 3.26. The van der Waals surface area contributed by atoms with Crippen LogP contribution in [0.5, 0.6) is 0 Å². The molecule has 0 aromatic heterocycles. The third kappa shape index (κ3) is 4.11. The monoisotopic (exact) mass is 321 g/mol. The summed E-state index contributed by atoms with van der Waals surface area (Å²) in [5.41, 5.74) is 0.140. The summed E-state index contributed by atoms with van der Waals surface area (Å²) in [5, 5.41) is -0.143. The number of halogens is 4. The van der Waals surface area contributed by atoms with Crippen molar-refractivity contribution in [2.45, 2.75) is 25.9 Å². The normalized spacial score (nSPS) is 17.2. The fourth-order valence-corrected chi connectivity index (χ4v) is 2.94. The van der Waals surface area contributed by atoms with Crippen LogP contribution >= 0.6 is 11.6 Å². The second-order valence-electron chi connectivity index (χ2n) is 5.13. The van der Waals surface area contributed by atoms with Crippen molar-refractivity contribution in [3.05, 3.63) is 33.8 Å². The Morgan fingerprint density at radius 2 is 1.81 bits per heavy atom. The number of nitrogens with zero attached hydrogens (tertiary/aromatic N) is 1. The summed E-state index contributed by atoms with van der Waals surface area (Å²) in [7, 11) is 0. The first-order valence-corrected chi connectivity index (χ1v) is 7.48. The molecule has 0 atom stereocenters. The molecule has 0 N–H and O–H groups in total. The molecule has 0 bridgehead atoms. The first-order chi connectivity index (χ1) is 9.93. The maximum atomic E-state index is 13.2. The first-order valence-electron chi connectivity index (χ1n) is 7.11. The molecule has 2 nitrogen and oxygen atoms in total. The summed E-state index contributed by atoms with van der Waals surface area (Å²) in [4.78, 5) is 2.18. The molecule has 1 aromatic carbocycles. The predicted octanol–water partition coefficient (Wildman–Crippen LogP) is 3.80. The van der Waals surface area contributed by atoms with E-state index in [1.165, 1.54) is 0 Å². The number of benzene rings is 1. The molecule has 1 aromatic rings. The summed E-state index contributed by atoms with van der Waals surface area (Å²) in [5.74, 6) is 0. The van der Waals surface area contributed by atoms with E-state index in [9.17, 15) is 13.2 Å². The molecule has 0 spiro atoms. The van der Waals surface area contributed by atoms with Gasteiger partial charge in [0.25, 0.3) is 0 Å². The van der Waals surface area contributed by atoms with Crippen molar-refractivity contribution in [2.24, 2.45) is 0 Å². The van der Waals surface area contributed by atoms with Crippen LogP contribution in [0, 0.1) is 0 Å². The SMILES string of the molecule is CCc1ccc(CCN2CCOCC2)c(Cl)c1C(F)(F)F. The molecule has 6 heteroatoms. The molecular weight excluding hydrogens is 303 g/mol. The van der Waals surface area contributed by atoms with Crippen LogP contribution in [-0.2, 0) is 23.8 Å². The Labute approximate surface area is 127 Å². The van der Waals surface area contributed by atoms with Gasteiger partial charge < -0.3 is 4.74 Å². The molecule has 0 radical (unpaired) electrons. The van der Waals surface area contributed by atoms with Crippen LogP contribution in [-0.4, -0.2) is 37.7 Å². The van der Waals surface area contributed by atoms with Gasteiger partial charge in [-0.2, -0.15) is 13.2 Å². The highest BCUT2D eigenvalue weighted by Gasteiger charge is 2.36. The van der Waals surface area contributed by atoms with Crippen LogP contribution in [0.1, 0.15) is 23.6 Å². The van der Waals surface area contributed by atoms with Gasteiger partial charge in [-0.1, -0.05) is 30.7 Å². The lowest BCUT2D eigenvalue weighted by Crippen LogP contribution is -2.37. The van der Waals surface area contributed by atoms with Crippen LogP contribution < -0.4 is 0 Å². The fraction of sp³-hybridized carbons (Fsp3) is 0.600. The highest BCUT2D eigenvalue weighted by molar-refractivity contribution is 6.32. The Hall–Kier alpha value is -0.780. The van der Waals surface area contributed by atoms with Crippen LogP contribution in [0.3, 0.4) is 0 Å². The van der Waals surface area contributed by atoms with E-state index in [0.717, 1.165) is 13.1 Å². The fourth-order valence-electron chi connectivity index (χ4n) is 2.56. The van der Waals surface area contributed by atoms with E-state index in [-0.39, 0.29) is 10.6 Å². The lowest BCUT2D eigenvalue weighted by atomic mass is 9.99. The number of ether oxygens (including phenoxy) is 1. The summed E-state index contributed by atoms with van der Waals surface area (Å²) >= 11 is 6.03. The van der Waals surface area contributed by atoms with Gasteiger partial charge in [0.15, 0.2) is 0 Å². The Kier molecular flexibility index (Phi) is 5.52. The number of alkyl halides is 3. The molecule has 1 aliphatic heterocycles. The molecule has 118 valence electrons. The standard InChI is InChI=1S/C15H19ClF3NO/c1-2-11-3-4-12(14(16)13(11)15(17,18)19)5-6-20-7-9-21-10-8-20/h3-4H,2,5-10H2,1H3. The van der Waals surface area contributed by atoms with Crippen LogP contribution in [0.15, 0.2) is 12.1 Å². The number of morpholine rings is 1. The summed E-state index contributed by atoms with van der Waals surface area (Å²) < 4.78 is 44.7. The minimum atomic E-state index is -4.41. The Balaban J connectivity index is 2.16. The predicted molar refractivity (Wildman–Crippen MR) is 76.8 cm³/mol. The average molecular weight is 322 g/mol. The largest absolute Gasteiger partial charge is 0.418 e. The zero-order valence-corrected chi connectivity index (χ0v) is 12.7. The summed E-state index contributed by atoms with van der Waals surface area (Å²) in [6.45, 7) is 5.39. The molecule has 1 saturated heterocycles. The van der Waals surface area contributed by atoms with Gasteiger partial charge in [-0.15, -0.1) is 0 Å². The minimum absolute atomic E-state index is 0.143. The maximum Gasteiger partial charge on any atom is 0.418 e. The van der Waals surface area contributed by atoms with Crippen molar-refractivity contribution >= 4 is 11.6 Å². The van der Waals surface area contributed by atoms with Crippen molar-refractivity contribution in [1.82, 2.24) is 4.90 Å². The van der Waals surface area contributed by atoms with Crippen LogP contribution in [0.25, 0.3) is 0 Å². The molecule has 0 amide bonds. The van der Waals surface area contributed by atoms with Gasteiger partial charge in [0.1, 0.15) is 0 Å². The van der Waals surface area contributed by atoms with E-state index in [1.54, 1.807) is 19.1 Å². The van der Waals surface area contributed by atoms with E-state index >= 15 is 0 Å².